The number of hydrogen-bond donors (Lipinski definition) is 4. The van der Waals surface area contributed by atoms with Crippen LogP contribution in [0.5, 0.6) is 11.5 Å². The summed E-state index contributed by atoms with van der Waals surface area (Å²) in [4.78, 5) is 9.18. The molecule has 0 aliphatic carbocycles. The van der Waals surface area contributed by atoms with E-state index in [1.165, 1.54) is 0 Å². The Morgan fingerprint density at radius 3 is 2.36 bits per heavy atom. The predicted molar refractivity (Wildman–Crippen MR) is 155 cm³/mol. The van der Waals surface area contributed by atoms with Crippen molar-refractivity contribution >= 4 is 23.9 Å². The number of aromatic nitrogens is 1. The molecule has 3 aromatic rings. The third kappa shape index (κ3) is 10.3. The quantitative estimate of drug-likeness (QED) is 0.106. The van der Waals surface area contributed by atoms with E-state index >= 15 is 0 Å². The number of carbonyl (C=O) groups is 1. The molecule has 6 N–H and O–H groups in total. The summed E-state index contributed by atoms with van der Waals surface area (Å²) in [5.41, 5.74) is 11.4. The highest BCUT2D eigenvalue weighted by atomic mass is 35.5. The summed E-state index contributed by atoms with van der Waals surface area (Å²) in [6.45, 7) is 7.80. The van der Waals surface area contributed by atoms with Gasteiger partial charge < -0.3 is 29.2 Å². The van der Waals surface area contributed by atoms with Crippen molar-refractivity contribution in [3.8, 4) is 17.2 Å². The first kappa shape index (κ1) is 33.5. The van der Waals surface area contributed by atoms with Crippen molar-refractivity contribution in [1.82, 2.24) is 9.99 Å². The zero-order valence-corrected chi connectivity index (χ0v) is 24.0. The second kappa shape index (κ2) is 18.6. The van der Waals surface area contributed by atoms with E-state index in [9.17, 15) is 4.79 Å². The number of nitrogens with zero attached hydrogens (tertiary/aromatic N) is 1. The topological polar surface area (TPSA) is 147 Å². The first-order valence-corrected chi connectivity index (χ1v) is 12.8. The number of fused-ring (bicyclic) bond motifs is 3. The third-order valence-electron chi connectivity index (χ3n) is 5.30. The van der Waals surface area contributed by atoms with Crippen LogP contribution in [0.25, 0.3) is 5.69 Å². The van der Waals surface area contributed by atoms with Gasteiger partial charge in [0.2, 0.25) is 0 Å². The number of rotatable bonds is 7. The molecule has 2 aromatic carbocycles. The maximum absolute atomic E-state index is 9.18. The van der Waals surface area contributed by atoms with Crippen LogP contribution < -0.4 is 26.5 Å². The van der Waals surface area contributed by atoms with Gasteiger partial charge in [-0.2, -0.15) is 0 Å². The highest BCUT2D eigenvalue weighted by Crippen LogP contribution is 2.43. The van der Waals surface area contributed by atoms with E-state index in [4.69, 9.17) is 42.8 Å². The smallest absolute Gasteiger partial charge is 0.293 e. The molecule has 0 amide bonds. The lowest BCUT2D eigenvalue weighted by molar-refractivity contribution is -0.128. The number of carbonyl (C=O) groups excluding carboxylic acids is 1. The van der Waals surface area contributed by atoms with Crippen LogP contribution in [-0.2, 0) is 20.9 Å². The Hall–Kier alpha value is -3.57. The summed E-state index contributed by atoms with van der Waals surface area (Å²) in [5, 5.41) is 7.19. The number of halogens is 1. The number of para-hydroxylation sites is 1. The molecule has 0 saturated heterocycles. The summed E-state index contributed by atoms with van der Waals surface area (Å²) in [7, 11) is 3.27. The molecule has 1 unspecified atom stereocenters. The van der Waals surface area contributed by atoms with Crippen LogP contribution in [0.4, 0.5) is 0 Å². The number of ether oxygens (including phenoxy) is 4. The van der Waals surface area contributed by atoms with Crippen LogP contribution in [0.2, 0.25) is 5.02 Å². The Morgan fingerprint density at radius 2 is 1.85 bits per heavy atom. The molecule has 1 aromatic heterocycles. The van der Waals surface area contributed by atoms with Crippen molar-refractivity contribution in [2.24, 2.45) is 11.6 Å². The van der Waals surface area contributed by atoms with Crippen LogP contribution >= 0.6 is 11.6 Å². The minimum atomic E-state index is -0.307. The van der Waals surface area contributed by atoms with Crippen LogP contribution in [0.1, 0.15) is 50.1 Å². The molecule has 1 aliphatic rings. The van der Waals surface area contributed by atoms with Crippen molar-refractivity contribution in [3.63, 3.8) is 0 Å². The number of methoxy groups -OCH3 is 2. The molecule has 2 heterocycles. The minimum Gasteiger partial charge on any atom is -0.493 e. The van der Waals surface area contributed by atoms with E-state index in [0.717, 1.165) is 29.1 Å². The Bertz CT molecular complexity index is 1150. The largest absolute Gasteiger partial charge is 0.493 e. The van der Waals surface area contributed by atoms with E-state index in [1.54, 1.807) is 21.1 Å². The predicted octanol–water partition coefficient (Wildman–Crippen LogP) is 4.75. The van der Waals surface area contributed by atoms with Gasteiger partial charge >= 0.3 is 0 Å². The van der Waals surface area contributed by atoms with E-state index < -0.39 is 0 Å². The zero-order valence-electron chi connectivity index (χ0n) is 23.2. The van der Waals surface area contributed by atoms with Gasteiger partial charge in [-0.15, -0.1) is 0 Å². The molecule has 214 valence electrons. The van der Waals surface area contributed by atoms with Crippen LogP contribution in [-0.4, -0.2) is 44.2 Å². The average Bonchev–Trinajstić information content (AvgIpc) is 3.37. The zero-order chi connectivity index (χ0) is 29.2. The van der Waals surface area contributed by atoms with Gasteiger partial charge in [0.15, 0.2) is 11.5 Å². The number of hydrazine groups is 1. The molecule has 39 heavy (non-hydrogen) atoms. The van der Waals surface area contributed by atoms with Gasteiger partial charge in [-0.25, -0.2) is 0 Å². The third-order valence-corrected chi connectivity index (χ3v) is 5.53. The number of nitrogens with one attached hydrogen (secondary N) is 2. The van der Waals surface area contributed by atoms with Gasteiger partial charge in [0, 0.05) is 41.0 Å². The summed E-state index contributed by atoms with van der Waals surface area (Å²) in [6.07, 6.45) is 2.40. The number of benzene rings is 2. The summed E-state index contributed by atoms with van der Waals surface area (Å²) in [6, 6.07) is 15.8. The molecule has 0 radical (unpaired) electrons. The maximum atomic E-state index is 9.18. The molecule has 1 atom stereocenters. The lowest BCUT2D eigenvalue weighted by atomic mass is 9.98. The molecular formula is C28H40ClN5O5. The Kier molecular flexibility index (Phi) is 16.0. The average molecular weight is 562 g/mol. The first-order chi connectivity index (χ1) is 18.8. The number of amidine groups is 1. The highest BCUT2D eigenvalue weighted by Gasteiger charge is 2.28. The monoisotopic (exact) mass is 561 g/mol. The second-order valence-corrected chi connectivity index (χ2v) is 8.27. The second-order valence-electron chi connectivity index (χ2n) is 7.83. The first-order valence-electron chi connectivity index (χ1n) is 12.4. The van der Waals surface area contributed by atoms with Gasteiger partial charge in [-0.05, 0) is 43.3 Å². The molecule has 0 fully saturated rings. The van der Waals surface area contributed by atoms with Crippen molar-refractivity contribution in [2.75, 3.05) is 27.4 Å². The fraction of sp³-hybridized carbons (Fsp3) is 0.357. The van der Waals surface area contributed by atoms with Gasteiger partial charge in [0.05, 0.1) is 39.0 Å². The van der Waals surface area contributed by atoms with Crippen molar-refractivity contribution in [2.45, 2.75) is 39.9 Å². The SMILES string of the molecule is CCC(=N)N.CCNN.CCOC=O.COc1cccc(C2OCc3cccn3-c3ccc(Cl)cc32)c1OC. The molecule has 1 aliphatic heterocycles. The lowest BCUT2D eigenvalue weighted by Crippen LogP contribution is -2.20. The van der Waals surface area contributed by atoms with E-state index in [1.807, 2.05) is 62.5 Å². The van der Waals surface area contributed by atoms with E-state index in [-0.39, 0.29) is 11.9 Å². The molecule has 11 heteroatoms. The van der Waals surface area contributed by atoms with Crippen LogP contribution in [0.3, 0.4) is 0 Å². The lowest BCUT2D eigenvalue weighted by Gasteiger charge is -2.22. The van der Waals surface area contributed by atoms with Crippen LogP contribution in [0.15, 0.2) is 54.7 Å². The molecule has 4 rings (SSSR count). The fourth-order valence-electron chi connectivity index (χ4n) is 3.43. The normalized spacial score (nSPS) is 12.7. The van der Waals surface area contributed by atoms with E-state index in [2.05, 4.69) is 20.8 Å². The molecule has 0 bridgehead atoms. The molecule has 0 saturated carbocycles. The summed E-state index contributed by atoms with van der Waals surface area (Å²) < 4.78 is 23.6. The number of hydrogen-bond acceptors (Lipinski definition) is 8. The van der Waals surface area contributed by atoms with Gasteiger partial charge in [-0.3, -0.25) is 21.5 Å². The highest BCUT2D eigenvalue weighted by molar-refractivity contribution is 6.30. The van der Waals surface area contributed by atoms with Crippen molar-refractivity contribution < 1.29 is 23.7 Å². The van der Waals surface area contributed by atoms with Crippen molar-refractivity contribution in [1.29, 1.82) is 5.41 Å². The van der Waals surface area contributed by atoms with Crippen molar-refractivity contribution in [3.05, 3.63) is 76.6 Å². The molecule has 0 spiro atoms. The Balaban J connectivity index is 0.000000453. The maximum Gasteiger partial charge on any atom is 0.293 e. The summed E-state index contributed by atoms with van der Waals surface area (Å²) in [5.74, 6) is 6.38. The van der Waals surface area contributed by atoms with Gasteiger partial charge in [0.1, 0.15) is 6.10 Å². The Morgan fingerprint density at radius 1 is 1.15 bits per heavy atom. The summed E-state index contributed by atoms with van der Waals surface area (Å²) >= 11 is 6.30. The van der Waals surface area contributed by atoms with E-state index in [0.29, 0.717) is 42.6 Å². The molecular weight excluding hydrogens is 522 g/mol. The molecule has 10 nitrogen and oxygen atoms in total. The minimum absolute atomic E-state index is 0.255. The van der Waals surface area contributed by atoms with Gasteiger partial charge in [-0.1, -0.05) is 37.6 Å². The standard InChI is InChI=1S/C20H18ClNO3.C3H8N2.C3H6O2.C2H8N2/c1-23-18-7-3-6-15(20(18)24-2)19-16-11-13(21)8-9-17(16)22-10-4-5-14(22)12-25-19;1-2-3(4)5;1-2-5-3-4;1-2-4-3/h3-11,19H,12H2,1-2H3;2H2,1H3,(H3,4,5);3H,2H2,1H3;4H,2-3H2,1H3. The van der Waals surface area contributed by atoms with Crippen LogP contribution in [0, 0.1) is 5.41 Å². The number of nitrogens with two attached hydrogens (primary N) is 2. The van der Waals surface area contributed by atoms with Gasteiger partial charge in [0.25, 0.3) is 6.47 Å². The fourth-order valence-corrected chi connectivity index (χ4v) is 3.61. The Labute approximate surface area is 235 Å².